The number of nitrogens with one attached hydrogen (secondary N) is 1. The molecule has 2 aromatic rings. The third-order valence-electron chi connectivity index (χ3n) is 3.30. The maximum Gasteiger partial charge on any atom is 0.265 e. The van der Waals surface area contributed by atoms with Crippen molar-refractivity contribution in [1.82, 2.24) is 15.3 Å². The monoisotopic (exact) mass is 284 g/mol. The summed E-state index contributed by atoms with van der Waals surface area (Å²) in [6.07, 6.45) is 4.59. The van der Waals surface area contributed by atoms with Crippen LogP contribution < -0.4 is 11.3 Å². The van der Waals surface area contributed by atoms with E-state index in [4.69, 9.17) is 5.84 Å². The average Bonchev–Trinajstić information content (AvgIpc) is 2.53. The van der Waals surface area contributed by atoms with Gasteiger partial charge in [-0.2, -0.15) is 0 Å². The molecule has 0 aliphatic heterocycles. The van der Waals surface area contributed by atoms with Gasteiger partial charge in [0.15, 0.2) is 0 Å². The van der Waals surface area contributed by atoms with Gasteiger partial charge >= 0.3 is 0 Å². The van der Waals surface area contributed by atoms with Crippen LogP contribution in [0.4, 0.5) is 0 Å². The van der Waals surface area contributed by atoms with Gasteiger partial charge in [-0.15, -0.1) is 0 Å². The summed E-state index contributed by atoms with van der Waals surface area (Å²) in [5, 5.41) is 0. The number of amides is 1. The second-order valence-electron chi connectivity index (χ2n) is 5.02. The lowest BCUT2D eigenvalue weighted by molar-refractivity contribution is 0.0953. The predicted molar refractivity (Wildman–Crippen MR) is 82.4 cm³/mol. The molecule has 5 nitrogen and oxygen atoms in total. The molecule has 0 unspecified atom stereocenters. The number of hydrazine groups is 1. The van der Waals surface area contributed by atoms with Crippen molar-refractivity contribution >= 4 is 5.91 Å². The van der Waals surface area contributed by atoms with E-state index in [9.17, 15) is 4.79 Å². The number of hydrogen-bond donors (Lipinski definition) is 2. The summed E-state index contributed by atoms with van der Waals surface area (Å²) < 4.78 is 0. The molecule has 0 saturated heterocycles. The van der Waals surface area contributed by atoms with Crippen LogP contribution in [0.5, 0.6) is 0 Å². The van der Waals surface area contributed by atoms with E-state index in [0.29, 0.717) is 5.56 Å². The maximum atomic E-state index is 11.5. The number of rotatable bonds is 6. The zero-order valence-corrected chi connectivity index (χ0v) is 12.1. The molecule has 3 N–H and O–H groups in total. The number of nitrogens with two attached hydrogens (primary N) is 1. The highest BCUT2D eigenvalue weighted by molar-refractivity contribution is 5.93. The van der Waals surface area contributed by atoms with Crippen LogP contribution in [0.3, 0.4) is 0 Å². The minimum absolute atomic E-state index is 0.267. The molecule has 0 saturated carbocycles. The Morgan fingerprint density at radius 2 is 2.00 bits per heavy atom. The molecule has 0 aliphatic carbocycles. The largest absolute Gasteiger partial charge is 0.302 e. The highest BCUT2D eigenvalue weighted by Crippen LogP contribution is 2.08. The Hall–Kier alpha value is -2.24. The summed E-state index contributed by atoms with van der Waals surface area (Å²) in [5.41, 5.74) is 5.09. The smallest absolute Gasteiger partial charge is 0.265 e. The number of hydrogen-bond acceptors (Lipinski definition) is 4. The van der Waals surface area contributed by atoms with Crippen LogP contribution >= 0.6 is 0 Å². The van der Waals surface area contributed by atoms with Crippen LogP contribution in [0, 0.1) is 0 Å². The van der Waals surface area contributed by atoms with Crippen molar-refractivity contribution in [3.63, 3.8) is 0 Å². The molecule has 1 amide bonds. The lowest BCUT2D eigenvalue weighted by Crippen LogP contribution is -2.30. The predicted octanol–water partition coefficient (Wildman–Crippen LogP) is 1.36. The quantitative estimate of drug-likeness (QED) is 0.477. The second-order valence-corrected chi connectivity index (χ2v) is 5.02. The summed E-state index contributed by atoms with van der Waals surface area (Å²) in [6.45, 7) is 1.73. The third-order valence-corrected chi connectivity index (χ3v) is 3.30. The SMILES string of the molecule is CN(CCc1ccncc1)Cc1cccc(C(=O)NN)c1. The van der Waals surface area contributed by atoms with E-state index in [1.165, 1.54) is 5.56 Å². The molecule has 110 valence electrons. The summed E-state index contributed by atoms with van der Waals surface area (Å²) in [5.74, 6) is 4.89. The van der Waals surface area contributed by atoms with Crippen molar-refractivity contribution in [3.05, 3.63) is 65.5 Å². The van der Waals surface area contributed by atoms with Gasteiger partial charge in [-0.3, -0.25) is 15.2 Å². The average molecular weight is 284 g/mol. The Kier molecular flexibility index (Phi) is 5.43. The number of aromatic nitrogens is 1. The van der Waals surface area contributed by atoms with Gasteiger partial charge in [-0.05, 0) is 48.9 Å². The van der Waals surface area contributed by atoms with Gasteiger partial charge in [-0.25, -0.2) is 5.84 Å². The van der Waals surface area contributed by atoms with Crippen molar-refractivity contribution in [1.29, 1.82) is 0 Å². The van der Waals surface area contributed by atoms with Crippen LogP contribution in [0.25, 0.3) is 0 Å². The normalized spacial score (nSPS) is 10.6. The van der Waals surface area contributed by atoms with Crippen LogP contribution in [0.15, 0.2) is 48.8 Å². The number of pyridine rings is 1. The first-order valence-corrected chi connectivity index (χ1v) is 6.86. The number of benzene rings is 1. The van der Waals surface area contributed by atoms with Crippen molar-refractivity contribution < 1.29 is 4.79 Å². The van der Waals surface area contributed by atoms with E-state index in [1.54, 1.807) is 6.07 Å². The summed E-state index contributed by atoms with van der Waals surface area (Å²) in [6, 6.07) is 11.6. The molecular weight excluding hydrogens is 264 g/mol. The summed E-state index contributed by atoms with van der Waals surface area (Å²) in [7, 11) is 2.07. The molecule has 5 heteroatoms. The van der Waals surface area contributed by atoms with Gasteiger partial charge < -0.3 is 4.90 Å². The van der Waals surface area contributed by atoms with Gasteiger partial charge in [0.05, 0.1) is 0 Å². The topological polar surface area (TPSA) is 71.2 Å². The third kappa shape index (κ3) is 4.66. The molecule has 0 aliphatic rings. The van der Waals surface area contributed by atoms with E-state index in [0.717, 1.165) is 25.1 Å². The fourth-order valence-electron chi connectivity index (χ4n) is 2.15. The summed E-state index contributed by atoms with van der Waals surface area (Å²) in [4.78, 5) is 17.7. The Balaban J connectivity index is 1.90. The van der Waals surface area contributed by atoms with Crippen molar-refractivity contribution in [2.24, 2.45) is 5.84 Å². The van der Waals surface area contributed by atoms with E-state index < -0.39 is 0 Å². The van der Waals surface area contributed by atoms with Gasteiger partial charge in [0.1, 0.15) is 0 Å². The number of carbonyl (C=O) groups excluding carboxylic acids is 1. The summed E-state index contributed by atoms with van der Waals surface area (Å²) >= 11 is 0. The second kappa shape index (κ2) is 7.52. The molecule has 0 atom stereocenters. The molecular formula is C16H20N4O. The highest BCUT2D eigenvalue weighted by Gasteiger charge is 2.06. The highest BCUT2D eigenvalue weighted by atomic mass is 16.2. The zero-order chi connectivity index (χ0) is 15.1. The molecule has 21 heavy (non-hydrogen) atoms. The lowest BCUT2D eigenvalue weighted by atomic mass is 10.1. The van der Waals surface area contributed by atoms with Gasteiger partial charge in [-0.1, -0.05) is 12.1 Å². The van der Waals surface area contributed by atoms with E-state index in [1.807, 2.05) is 42.7 Å². The Morgan fingerprint density at radius 3 is 2.71 bits per heavy atom. The van der Waals surface area contributed by atoms with E-state index in [-0.39, 0.29) is 5.91 Å². The molecule has 2 rings (SSSR count). The first kappa shape index (κ1) is 15.2. The number of likely N-dealkylation sites (N-methyl/N-ethyl adjacent to an activating group) is 1. The number of carbonyl (C=O) groups is 1. The van der Waals surface area contributed by atoms with E-state index >= 15 is 0 Å². The minimum atomic E-state index is -0.267. The molecule has 0 spiro atoms. The first-order valence-electron chi connectivity index (χ1n) is 6.86. The van der Waals surface area contributed by atoms with Crippen molar-refractivity contribution in [3.8, 4) is 0 Å². The van der Waals surface area contributed by atoms with Crippen LogP contribution in [0.1, 0.15) is 21.5 Å². The van der Waals surface area contributed by atoms with Crippen LogP contribution in [-0.2, 0) is 13.0 Å². The Bertz CT molecular complexity index is 586. The molecule has 1 aromatic carbocycles. The minimum Gasteiger partial charge on any atom is -0.302 e. The van der Waals surface area contributed by atoms with E-state index in [2.05, 4.69) is 22.4 Å². The van der Waals surface area contributed by atoms with Gasteiger partial charge in [0, 0.05) is 31.0 Å². The molecule has 0 fully saturated rings. The lowest BCUT2D eigenvalue weighted by Gasteiger charge is -2.17. The van der Waals surface area contributed by atoms with Crippen LogP contribution in [0.2, 0.25) is 0 Å². The molecule has 1 heterocycles. The fourth-order valence-corrected chi connectivity index (χ4v) is 2.15. The molecule has 0 bridgehead atoms. The standard InChI is InChI=1S/C16H20N4O/c1-20(10-7-13-5-8-18-9-6-13)12-14-3-2-4-15(11-14)16(21)19-17/h2-6,8-9,11H,7,10,12,17H2,1H3,(H,19,21). The molecule has 1 aromatic heterocycles. The van der Waals surface area contributed by atoms with Gasteiger partial charge in [0.25, 0.3) is 5.91 Å². The zero-order valence-electron chi connectivity index (χ0n) is 12.1. The fraction of sp³-hybridized carbons (Fsp3) is 0.250. The number of nitrogens with zero attached hydrogens (tertiary/aromatic N) is 2. The van der Waals surface area contributed by atoms with Gasteiger partial charge in [0.2, 0.25) is 0 Å². The Morgan fingerprint density at radius 1 is 1.24 bits per heavy atom. The van der Waals surface area contributed by atoms with Crippen molar-refractivity contribution in [2.75, 3.05) is 13.6 Å². The molecule has 0 radical (unpaired) electrons. The first-order chi connectivity index (χ1) is 10.2. The maximum absolute atomic E-state index is 11.5. The van der Waals surface area contributed by atoms with Crippen molar-refractivity contribution in [2.45, 2.75) is 13.0 Å². The van der Waals surface area contributed by atoms with Crippen LogP contribution in [-0.4, -0.2) is 29.4 Å². The Labute approximate surface area is 124 Å². The number of nitrogen functional groups attached to an aromatic ring is 1.